The molecule has 2 aliphatic rings. The number of nitrogens with one attached hydrogen (secondary N) is 2. The Balaban J connectivity index is 2.06. The predicted octanol–water partition coefficient (Wildman–Crippen LogP) is -0.435. The zero-order valence-corrected chi connectivity index (χ0v) is 12.5. The molecule has 0 bridgehead atoms. The molecule has 2 amide bonds. The molecule has 2 unspecified atom stereocenters. The number of amides is 2. The first-order valence-electron chi connectivity index (χ1n) is 7.46. The van der Waals surface area contributed by atoms with E-state index in [1.807, 2.05) is 0 Å². The number of carbonyl (C=O) groups is 3. The van der Waals surface area contributed by atoms with Crippen LogP contribution < -0.4 is 10.6 Å². The highest BCUT2D eigenvalue weighted by Gasteiger charge is 2.43. The fraction of sp³-hybridized carbons (Fsp3) is 0.786. The molecule has 7 heteroatoms. The number of hydrogen-bond acceptors (Lipinski definition) is 4. The summed E-state index contributed by atoms with van der Waals surface area (Å²) in [4.78, 5) is 37.2. The van der Waals surface area contributed by atoms with E-state index in [0.29, 0.717) is 19.4 Å². The van der Waals surface area contributed by atoms with Crippen LogP contribution in [-0.4, -0.2) is 59.5 Å². The van der Waals surface area contributed by atoms with Crippen molar-refractivity contribution in [2.45, 2.75) is 50.7 Å². The van der Waals surface area contributed by atoms with Crippen molar-refractivity contribution in [1.82, 2.24) is 15.5 Å². The summed E-state index contributed by atoms with van der Waals surface area (Å²) in [6, 6.07) is -1.72. The average molecular weight is 297 g/mol. The first kappa shape index (κ1) is 15.8. The number of carbonyl (C=O) groups excluding carboxylic acids is 2. The third-order valence-corrected chi connectivity index (χ3v) is 4.30. The van der Waals surface area contributed by atoms with E-state index in [9.17, 15) is 19.5 Å². The molecule has 1 aliphatic heterocycles. The molecular weight excluding hydrogens is 274 g/mol. The van der Waals surface area contributed by atoms with Crippen LogP contribution in [0.2, 0.25) is 0 Å². The van der Waals surface area contributed by atoms with Gasteiger partial charge in [-0.25, -0.2) is 4.79 Å². The highest BCUT2D eigenvalue weighted by Crippen LogP contribution is 2.34. The zero-order chi connectivity index (χ0) is 15.6. The Morgan fingerprint density at radius 3 is 2.43 bits per heavy atom. The Morgan fingerprint density at radius 2 is 1.90 bits per heavy atom. The minimum atomic E-state index is -0.967. The molecule has 2 rings (SSSR count). The van der Waals surface area contributed by atoms with Crippen LogP contribution in [0.15, 0.2) is 0 Å². The quantitative estimate of drug-likeness (QED) is 0.617. The standard InChI is InChI=1S/C14H23N3O4/c1-8(15-2)12(18)16-11(9-5-6-9)13(19)17-7-3-4-10(17)14(20)21/h8-11,15H,3-7H2,1-2H3,(H,16,18)(H,20,21)/t8?,10-,11?/m0/s1. The number of hydrogen-bond donors (Lipinski definition) is 3. The van der Waals surface area contributed by atoms with E-state index in [1.54, 1.807) is 14.0 Å². The molecule has 3 N–H and O–H groups in total. The van der Waals surface area contributed by atoms with Crippen LogP contribution in [0.25, 0.3) is 0 Å². The first-order valence-corrected chi connectivity index (χ1v) is 7.46. The van der Waals surface area contributed by atoms with Crippen LogP contribution in [0.4, 0.5) is 0 Å². The van der Waals surface area contributed by atoms with Crippen LogP contribution in [0.3, 0.4) is 0 Å². The molecule has 0 aromatic rings. The summed E-state index contributed by atoms with van der Waals surface area (Å²) in [5.74, 6) is -1.31. The summed E-state index contributed by atoms with van der Waals surface area (Å²) in [7, 11) is 1.68. The van der Waals surface area contributed by atoms with Gasteiger partial charge in [0.25, 0.3) is 0 Å². The van der Waals surface area contributed by atoms with Crippen molar-refractivity contribution >= 4 is 17.8 Å². The SMILES string of the molecule is CNC(C)C(=O)NC(C(=O)N1CCC[C@H]1C(=O)O)C1CC1. The van der Waals surface area contributed by atoms with Gasteiger partial charge in [-0.05, 0) is 45.6 Å². The van der Waals surface area contributed by atoms with Crippen LogP contribution in [0.5, 0.6) is 0 Å². The van der Waals surface area contributed by atoms with E-state index in [2.05, 4.69) is 10.6 Å². The number of carboxylic acids is 1. The maximum absolute atomic E-state index is 12.6. The second-order valence-electron chi connectivity index (χ2n) is 5.86. The Kier molecular flexibility index (Phi) is 4.82. The van der Waals surface area contributed by atoms with E-state index >= 15 is 0 Å². The molecule has 0 aromatic heterocycles. The topological polar surface area (TPSA) is 98.7 Å². The first-order chi connectivity index (χ1) is 9.95. The van der Waals surface area contributed by atoms with Crippen molar-refractivity contribution in [2.24, 2.45) is 5.92 Å². The second-order valence-corrected chi connectivity index (χ2v) is 5.86. The lowest BCUT2D eigenvalue weighted by Gasteiger charge is -2.28. The number of rotatable bonds is 6. The molecule has 0 spiro atoms. The van der Waals surface area contributed by atoms with Crippen molar-refractivity contribution in [3.8, 4) is 0 Å². The molecule has 21 heavy (non-hydrogen) atoms. The summed E-state index contributed by atoms with van der Waals surface area (Å²) >= 11 is 0. The Hall–Kier alpha value is -1.63. The molecule has 1 saturated heterocycles. The molecule has 1 aliphatic carbocycles. The van der Waals surface area contributed by atoms with E-state index < -0.39 is 18.1 Å². The molecule has 118 valence electrons. The maximum atomic E-state index is 12.6. The molecule has 3 atom stereocenters. The monoisotopic (exact) mass is 297 g/mol. The number of aliphatic carboxylic acids is 1. The third-order valence-electron chi connectivity index (χ3n) is 4.30. The van der Waals surface area contributed by atoms with Gasteiger partial charge in [0.1, 0.15) is 12.1 Å². The fourth-order valence-corrected chi connectivity index (χ4v) is 2.69. The number of likely N-dealkylation sites (tertiary alicyclic amines) is 1. The summed E-state index contributed by atoms with van der Waals surface area (Å²) in [5, 5.41) is 14.8. The summed E-state index contributed by atoms with van der Waals surface area (Å²) in [5.41, 5.74) is 0. The van der Waals surface area contributed by atoms with Gasteiger partial charge in [0.05, 0.1) is 6.04 Å². The lowest BCUT2D eigenvalue weighted by atomic mass is 10.1. The third kappa shape index (κ3) is 3.53. The highest BCUT2D eigenvalue weighted by atomic mass is 16.4. The minimum absolute atomic E-state index is 0.139. The van der Waals surface area contributed by atoms with E-state index in [-0.39, 0.29) is 23.8 Å². The van der Waals surface area contributed by atoms with Crippen molar-refractivity contribution in [3.05, 3.63) is 0 Å². The lowest BCUT2D eigenvalue weighted by molar-refractivity contribution is -0.149. The minimum Gasteiger partial charge on any atom is -0.480 e. The normalized spacial score (nSPS) is 24.5. The van der Waals surface area contributed by atoms with Gasteiger partial charge in [-0.15, -0.1) is 0 Å². The molecular formula is C14H23N3O4. The zero-order valence-electron chi connectivity index (χ0n) is 12.5. The van der Waals surface area contributed by atoms with Gasteiger partial charge in [-0.1, -0.05) is 0 Å². The van der Waals surface area contributed by atoms with Gasteiger partial charge in [-0.3, -0.25) is 9.59 Å². The van der Waals surface area contributed by atoms with Gasteiger partial charge >= 0.3 is 5.97 Å². The summed E-state index contributed by atoms with van der Waals surface area (Å²) in [6.45, 7) is 2.18. The Morgan fingerprint density at radius 1 is 1.24 bits per heavy atom. The molecule has 0 radical (unpaired) electrons. The lowest BCUT2D eigenvalue weighted by Crippen LogP contribution is -2.55. The van der Waals surface area contributed by atoms with Crippen LogP contribution in [-0.2, 0) is 14.4 Å². The predicted molar refractivity (Wildman–Crippen MR) is 75.5 cm³/mol. The molecule has 7 nitrogen and oxygen atoms in total. The molecule has 1 heterocycles. The van der Waals surface area contributed by atoms with Gasteiger partial charge < -0.3 is 20.6 Å². The molecule has 2 fully saturated rings. The summed E-state index contributed by atoms with van der Waals surface area (Å²) < 4.78 is 0. The van der Waals surface area contributed by atoms with Crippen molar-refractivity contribution in [2.75, 3.05) is 13.6 Å². The van der Waals surface area contributed by atoms with Crippen LogP contribution in [0, 0.1) is 5.92 Å². The number of likely N-dealkylation sites (N-methyl/N-ethyl adjacent to an activating group) is 1. The van der Waals surface area contributed by atoms with E-state index in [4.69, 9.17) is 0 Å². The summed E-state index contributed by atoms with van der Waals surface area (Å²) in [6.07, 6.45) is 2.98. The maximum Gasteiger partial charge on any atom is 0.326 e. The van der Waals surface area contributed by atoms with Gasteiger partial charge in [0.2, 0.25) is 11.8 Å². The van der Waals surface area contributed by atoms with Crippen molar-refractivity contribution in [1.29, 1.82) is 0 Å². The number of carboxylic acid groups (broad SMARTS) is 1. The fourth-order valence-electron chi connectivity index (χ4n) is 2.69. The smallest absolute Gasteiger partial charge is 0.326 e. The van der Waals surface area contributed by atoms with Crippen molar-refractivity contribution in [3.63, 3.8) is 0 Å². The van der Waals surface area contributed by atoms with Gasteiger partial charge in [-0.2, -0.15) is 0 Å². The Bertz CT molecular complexity index is 436. The second kappa shape index (κ2) is 6.43. The van der Waals surface area contributed by atoms with Crippen LogP contribution >= 0.6 is 0 Å². The van der Waals surface area contributed by atoms with E-state index in [1.165, 1.54) is 4.90 Å². The Labute approximate surface area is 124 Å². The van der Waals surface area contributed by atoms with Crippen molar-refractivity contribution < 1.29 is 19.5 Å². The largest absolute Gasteiger partial charge is 0.480 e. The van der Waals surface area contributed by atoms with E-state index in [0.717, 1.165) is 12.8 Å². The average Bonchev–Trinajstić information content (AvgIpc) is 3.17. The van der Waals surface area contributed by atoms with Gasteiger partial charge in [0.15, 0.2) is 0 Å². The molecule has 1 saturated carbocycles. The molecule has 0 aromatic carbocycles. The number of nitrogens with zero attached hydrogens (tertiary/aromatic N) is 1. The van der Waals surface area contributed by atoms with Gasteiger partial charge in [0, 0.05) is 6.54 Å². The highest BCUT2D eigenvalue weighted by molar-refractivity contribution is 5.92. The van der Waals surface area contributed by atoms with Crippen LogP contribution in [0.1, 0.15) is 32.6 Å².